The Bertz CT molecular complexity index is 941. The zero-order valence-corrected chi connectivity index (χ0v) is 22.7. The van der Waals surface area contributed by atoms with E-state index in [2.05, 4.69) is 40.7 Å². The lowest BCUT2D eigenvalue weighted by molar-refractivity contribution is -0.243. The van der Waals surface area contributed by atoms with Crippen molar-refractivity contribution in [3.8, 4) is 0 Å². The number of rotatable bonds is 2. The Morgan fingerprint density at radius 2 is 1.60 bits per heavy atom. The van der Waals surface area contributed by atoms with Crippen molar-refractivity contribution < 1.29 is 25.2 Å². The molecule has 0 radical (unpaired) electrons. The maximum atomic E-state index is 12.8. The lowest BCUT2D eigenvalue weighted by Gasteiger charge is -2.71. The van der Waals surface area contributed by atoms with E-state index in [-0.39, 0.29) is 40.1 Å². The average Bonchev–Trinajstić information content (AvgIpc) is 2.77. The van der Waals surface area contributed by atoms with Crippen LogP contribution in [-0.2, 0) is 4.79 Å². The summed E-state index contributed by atoms with van der Waals surface area (Å²) in [5.74, 6) is -0.0472. The Kier molecular flexibility index (Phi) is 5.56. The number of carboxylic acids is 1. The predicted molar refractivity (Wildman–Crippen MR) is 135 cm³/mol. The Balaban J connectivity index is 1.61. The first-order valence-corrected chi connectivity index (χ1v) is 14.0. The Morgan fingerprint density at radius 1 is 0.943 bits per heavy atom. The van der Waals surface area contributed by atoms with Crippen LogP contribution in [0.5, 0.6) is 0 Å². The molecule has 5 nitrogen and oxygen atoms in total. The van der Waals surface area contributed by atoms with Crippen LogP contribution < -0.4 is 0 Å². The first-order chi connectivity index (χ1) is 16.1. The third-order valence-electron chi connectivity index (χ3n) is 13.2. The molecule has 0 bridgehead atoms. The minimum absolute atomic E-state index is 0.00698. The van der Waals surface area contributed by atoms with Crippen molar-refractivity contribution in [2.24, 2.45) is 50.2 Å². The molecule has 4 N–H and O–H groups in total. The number of carbonyl (C=O) groups is 1. The van der Waals surface area contributed by atoms with Crippen LogP contribution in [0.4, 0.5) is 0 Å². The molecule has 5 aliphatic rings. The van der Waals surface area contributed by atoms with Crippen molar-refractivity contribution >= 4 is 5.97 Å². The number of hydrogen-bond acceptors (Lipinski definition) is 4. The van der Waals surface area contributed by atoms with Crippen LogP contribution in [-0.4, -0.2) is 45.2 Å². The van der Waals surface area contributed by atoms with Crippen molar-refractivity contribution in [3.05, 3.63) is 11.6 Å². The van der Waals surface area contributed by atoms with E-state index in [4.69, 9.17) is 0 Å². The van der Waals surface area contributed by atoms with Gasteiger partial charge in [-0.05, 0) is 97.2 Å². The molecule has 0 aromatic rings. The molecule has 0 unspecified atom stereocenters. The highest BCUT2D eigenvalue weighted by molar-refractivity contribution is 5.76. The number of carboxylic acid groups (broad SMARTS) is 1. The molecule has 0 amide bonds. The van der Waals surface area contributed by atoms with E-state index in [1.165, 1.54) is 5.57 Å². The number of aliphatic carboxylic acids is 1. The summed E-state index contributed by atoms with van der Waals surface area (Å²) in [6.45, 7) is 13.6. The lowest BCUT2D eigenvalue weighted by Crippen LogP contribution is -2.68. The molecular weight excluding hydrogens is 440 g/mol. The van der Waals surface area contributed by atoms with Crippen molar-refractivity contribution in [2.75, 3.05) is 6.61 Å². The molecule has 0 aliphatic heterocycles. The number of hydrogen-bond donors (Lipinski definition) is 4. The molecule has 5 rings (SSSR count). The van der Waals surface area contributed by atoms with Gasteiger partial charge >= 0.3 is 5.97 Å². The van der Waals surface area contributed by atoms with E-state index < -0.39 is 29.0 Å². The van der Waals surface area contributed by atoms with Gasteiger partial charge in [0.2, 0.25) is 0 Å². The maximum absolute atomic E-state index is 12.8. The monoisotopic (exact) mass is 488 g/mol. The second kappa shape index (κ2) is 7.57. The molecular formula is C30H48O5. The molecule has 0 aromatic carbocycles. The topological polar surface area (TPSA) is 98.0 Å². The predicted octanol–water partition coefficient (Wildman–Crippen LogP) is 5.18. The fraction of sp³-hybridized carbons (Fsp3) is 0.900. The molecule has 4 saturated carbocycles. The maximum Gasteiger partial charge on any atom is 0.310 e. The SMILES string of the molecule is CC1(C)CC[C@]2(C(=O)O)CC[C@]3(C)C(=CC[C@H]4[C@@]5(C)C[C@@H](O)[C@H](O)[C@@](C)(CO)[C@@H]5CC[C@]43C)[C@@H]2C1. The molecule has 0 saturated heterocycles. The molecule has 5 heteroatoms. The molecule has 0 heterocycles. The number of aliphatic hydroxyl groups is 3. The van der Waals surface area contributed by atoms with Gasteiger partial charge in [-0.1, -0.05) is 53.2 Å². The molecule has 35 heavy (non-hydrogen) atoms. The van der Waals surface area contributed by atoms with Gasteiger partial charge in [-0.15, -0.1) is 0 Å². The van der Waals surface area contributed by atoms with E-state index in [9.17, 15) is 25.2 Å². The first-order valence-electron chi connectivity index (χ1n) is 14.0. The van der Waals surface area contributed by atoms with Gasteiger partial charge in [-0.3, -0.25) is 4.79 Å². The zero-order valence-electron chi connectivity index (χ0n) is 22.7. The van der Waals surface area contributed by atoms with Crippen LogP contribution >= 0.6 is 0 Å². The quantitative estimate of drug-likeness (QED) is 0.402. The van der Waals surface area contributed by atoms with Gasteiger partial charge in [0.05, 0.1) is 24.2 Å². The third kappa shape index (κ3) is 3.07. The summed E-state index contributed by atoms with van der Waals surface area (Å²) >= 11 is 0. The minimum Gasteiger partial charge on any atom is -0.481 e. The summed E-state index contributed by atoms with van der Waals surface area (Å²) in [6.07, 6.45) is 8.40. The summed E-state index contributed by atoms with van der Waals surface area (Å²) in [4.78, 5) is 12.8. The summed E-state index contributed by atoms with van der Waals surface area (Å²) in [5.41, 5.74) is -0.0632. The minimum atomic E-state index is -0.907. The third-order valence-corrected chi connectivity index (χ3v) is 13.2. The van der Waals surface area contributed by atoms with Gasteiger partial charge in [-0.2, -0.15) is 0 Å². The van der Waals surface area contributed by atoms with Gasteiger partial charge in [0.15, 0.2) is 0 Å². The fourth-order valence-corrected chi connectivity index (χ4v) is 10.8. The van der Waals surface area contributed by atoms with Gasteiger partial charge < -0.3 is 20.4 Å². The standard InChI is InChI=1S/C30H48O5/c1-25(2)11-13-30(24(34)35)14-12-28(5)18(19(30)15-25)7-8-22-26(3)16-20(32)23(33)27(4,17-31)21(26)9-10-29(22,28)6/h7,19-23,31-33H,8-17H2,1-6H3,(H,34,35)/t19-,20+,21+,22-,23-,26-,27-,28+,29+,30-/m0/s1. The zero-order chi connectivity index (χ0) is 25.8. The Morgan fingerprint density at radius 3 is 2.23 bits per heavy atom. The summed E-state index contributed by atoms with van der Waals surface area (Å²) < 4.78 is 0. The van der Waals surface area contributed by atoms with Gasteiger partial charge in [0.25, 0.3) is 0 Å². The van der Waals surface area contributed by atoms with Gasteiger partial charge in [0, 0.05) is 5.41 Å². The van der Waals surface area contributed by atoms with Crippen LogP contribution in [0.25, 0.3) is 0 Å². The molecule has 5 aliphatic carbocycles. The van der Waals surface area contributed by atoms with Gasteiger partial charge in [0.1, 0.15) is 0 Å². The largest absolute Gasteiger partial charge is 0.481 e. The number of fused-ring (bicyclic) bond motifs is 7. The molecule has 4 fully saturated rings. The highest BCUT2D eigenvalue weighted by Gasteiger charge is 2.70. The van der Waals surface area contributed by atoms with E-state index in [1.54, 1.807) is 0 Å². The van der Waals surface area contributed by atoms with Crippen LogP contribution in [0.15, 0.2) is 11.6 Å². The highest BCUT2D eigenvalue weighted by Crippen LogP contribution is 2.75. The van der Waals surface area contributed by atoms with Crippen LogP contribution in [0, 0.1) is 50.2 Å². The second-order valence-electron chi connectivity index (χ2n) is 15.1. The second-order valence-corrected chi connectivity index (χ2v) is 15.1. The van der Waals surface area contributed by atoms with E-state index in [1.807, 2.05) is 6.92 Å². The van der Waals surface area contributed by atoms with Crippen molar-refractivity contribution in [2.45, 2.75) is 112 Å². The van der Waals surface area contributed by atoms with Crippen LogP contribution in [0.1, 0.15) is 99.3 Å². The van der Waals surface area contributed by atoms with Crippen LogP contribution in [0.2, 0.25) is 0 Å². The smallest absolute Gasteiger partial charge is 0.310 e. The number of aliphatic hydroxyl groups excluding tert-OH is 3. The summed E-state index contributed by atoms with van der Waals surface area (Å²) in [7, 11) is 0. The molecule has 198 valence electrons. The Labute approximate surface area is 211 Å². The van der Waals surface area contributed by atoms with Gasteiger partial charge in [-0.25, -0.2) is 0 Å². The molecule has 0 aromatic heterocycles. The normalized spacial score (nSPS) is 55.0. The summed E-state index contributed by atoms with van der Waals surface area (Å²) in [6, 6.07) is 0. The van der Waals surface area contributed by atoms with E-state index in [0.29, 0.717) is 12.3 Å². The van der Waals surface area contributed by atoms with E-state index in [0.717, 1.165) is 51.4 Å². The highest BCUT2D eigenvalue weighted by atomic mass is 16.4. The molecule has 0 spiro atoms. The van der Waals surface area contributed by atoms with Crippen molar-refractivity contribution in [1.29, 1.82) is 0 Å². The fourth-order valence-electron chi connectivity index (χ4n) is 10.8. The van der Waals surface area contributed by atoms with Crippen LogP contribution in [0.3, 0.4) is 0 Å². The van der Waals surface area contributed by atoms with E-state index >= 15 is 0 Å². The lowest BCUT2D eigenvalue weighted by atomic mass is 9.33. The molecule has 10 atom stereocenters. The first kappa shape index (κ1) is 25.7. The average molecular weight is 489 g/mol. The van der Waals surface area contributed by atoms with Crippen molar-refractivity contribution in [3.63, 3.8) is 0 Å². The Hall–Kier alpha value is -0.910. The van der Waals surface area contributed by atoms with Crippen molar-refractivity contribution in [1.82, 2.24) is 0 Å². The summed E-state index contributed by atoms with van der Waals surface area (Å²) in [5, 5.41) is 42.8. The number of allylic oxidation sites excluding steroid dienone is 2.